The second kappa shape index (κ2) is 3.97. The maximum atomic E-state index is 2.38. The van der Waals surface area contributed by atoms with Crippen molar-refractivity contribution in [3.05, 3.63) is 35.4 Å². The molecule has 82 valence electrons. The second-order valence-corrected chi connectivity index (χ2v) is 5.19. The fraction of sp³-hybridized carbons (Fsp3) is 0.571. The SMILES string of the molecule is CN(C)C1(C)CCCc2ccccc2C1. The van der Waals surface area contributed by atoms with Crippen LogP contribution in [0.4, 0.5) is 0 Å². The lowest BCUT2D eigenvalue weighted by atomic mass is 9.89. The Morgan fingerprint density at radius 3 is 2.47 bits per heavy atom. The average molecular weight is 203 g/mol. The molecule has 0 fully saturated rings. The topological polar surface area (TPSA) is 3.24 Å². The summed E-state index contributed by atoms with van der Waals surface area (Å²) in [7, 11) is 4.40. The number of fused-ring (bicyclic) bond motifs is 1. The summed E-state index contributed by atoms with van der Waals surface area (Å²) >= 11 is 0. The predicted octanol–water partition coefficient (Wildman–Crippen LogP) is 2.89. The highest BCUT2D eigenvalue weighted by atomic mass is 15.1. The Morgan fingerprint density at radius 2 is 1.80 bits per heavy atom. The second-order valence-electron chi connectivity index (χ2n) is 5.19. The zero-order valence-electron chi connectivity index (χ0n) is 10.1. The van der Waals surface area contributed by atoms with Crippen LogP contribution in [0.2, 0.25) is 0 Å². The van der Waals surface area contributed by atoms with Crippen molar-refractivity contribution in [2.75, 3.05) is 14.1 Å². The van der Waals surface area contributed by atoms with Crippen LogP contribution in [0.5, 0.6) is 0 Å². The van der Waals surface area contributed by atoms with Gasteiger partial charge < -0.3 is 4.90 Å². The number of hydrogen-bond acceptors (Lipinski definition) is 1. The fourth-order valence-corrected chi connectivity index (χ4v) is 2.51. The highest BCUT2D eigenvalue weighted by molar-refractivity contribution is 5.30. The van der Waals surface area contributed by atoms with Gasteiger partial charge in [0.15, 0.2) is 0 Å². The summed E-state index contributed by atoms with van der Waals surface area (Å²) in [6, 6.07) is 8.91. The zero-order chi connectivity index (χ0) is 10.9. The van der Waals surface area contributed by atoms with Crippen LogP contribution in [-0.2, 0) is 12.8 Å². The van der Waals surface area contributed by atoms with Crippen LogP contribution in [0.25, 0.3) is 0 Å². The summed E-state index contributed by atoms with van der Waals surface area (Å²) in [6.45, 7) is 2.38. The first-order valence-corrected chi connectivity index (χ1v) is 5.86. The normalized spacial score (nSPS) is 26.1. The van der Waals surface area contributed by atoms with Gasteiger partial charge in [-0.25, -0.2) is 0 Å². The first-order valence-electron chi connectivity index (χ1n) is 5.86. The highest BCUT2D eigenvalue weighted by Gasteiger charge is 2.29. The van der Waals surface area contributed by atoms with E-state index in [1.807, 2.05) is 0 Å². The van der Waals surface area contributed by atoms with Crippen molar-refractivity contribution in [3.63, 3.8) is 0 Å². The number of benzene rings is 1. The molecule has 15 heavy (non-hydrogen) atoms. The minimum atomic E-state index is 0.340. The zero-order valence-corrected chi connectivity index (χ0v) is 10.1. The lowest BCUT2D eigenvalue weighted by molar-refractivity contribution is 0.160. The molecule has 0 bridgehead atoms. The average Bonchev–Trinajstić information content (AvgIpc) is 2.36. The molecule has 1 nitrogen and oxygen atoms in total. The van der Waals surface area contributed by atoms with Crippen LogP contribution < -0.4 is 0 Å². The van der Waals surface area contributed by atoms with Crippen LogP contribution in [-0.4, -0.2) is 24.5 Å². The van der Waals surface area contributed by atoms with Crippen molar-refractivity contribution in [2.45, 2.75) is 38.1 Å². The molecule has 1 unspecified atom stereocenters. The van der Waals surface area contributed by atoms with Crippen molar-refractivity contribution in [3.8, 4) is 0 Å². The molecule has 0 saturated carbocycles. The summed E-state index contributed by atoms with van der Waals surface area (Å²) in [5.74, 6) is 0. The van der Waals surface area contributed by atoms with Gasteiger partial charge in [0.25, 0.3) is 0 Å². The van der Waals surface area contributed by atoms with E-state index in [9.17, 15) is 0 Å². The minimum absolute atomic E-state index is 0.340. The lowest BCUT2D eigenvalue weighted by Gasteiger charge is -2.36. The molecule has 1 aromatic carbocycles. The molecule has 1 aliphatic carbocycles. The van der Waals surface area contributed by atoms with Gasteiger partial charge in [-0.3, -0.25) is 0 Å². The van der Waals surface area contributed by atoms with Crippen LogP contribution in [0.1, 0.15) is 30.9 Å². The molecule has 0 N–H and O–H groups in total. The van der Waals surface area contributed by atoms with Crippen molar-refractivity contribution < 1.29 is 0 Å². The summed E-state index contributed by atoms with van der Waals surface area (Å²) in [4.78, 5) is 2.38. The maximum absolute atomic E-state index is 2.38. The third kappa shape index (κ3) is 2.07. The van der Waals surface area contributed by atoms with Crippen LogP contribution in [0, 0.1) is 0 Å². The van der Waals surface area contributed by atoms with Gasteiger partial charge in [0, 0.05) is 5.54 Å². The van der Waals surface area contributed by atoms with Gasteiger partial charge >= 0.3 is 0 Å². The van der Waals surface area contributed by atoms with E-state index in [2.05, 4.69) is 50.2 Å². The molecule has 0 spiro atoms. The largest absolute Gasteiger partial charge is 0.304 e. The molecule has 0 radical (unpaired) electrons. The Labute approximate surface area is 93.1 Å². The van der Waals surface area contributed by atoms with Gasteiger partial charge in [-0.1, -0.05) is 24.3 Å². The number of aryl methyl sites for hydroxylation is 1. The summed E-state index contributed by atoms with van der Waals surface area (Å²) < 4.78 is 0. The van der Waals surface area contributed by atoms with E-state index >= 15 is 0 Å². The summed E-state index contributed by atoms with van der Waals surface area (Å²) in [5, 5.41) is 0. The smallest absolute Gasteiger partial charge is 0.0215 e. The minimum Gasteiger partial charge on any atom is -0.304 e. The molecule has 2 rings (SSSR count). The van der Waals surface area contributed by atoms with E-state index < -0.39 is 0 Å². The van der Waals surface area contributed by atoms with Gasteiger partial charge in [-0.15, -0.1) is 0 Å². The van der Waals surface area contributed by atoms with Crippen molar-refractivity contribution >= 4 is 0 Å². The first-order chi connectivity index (χ1) is 7.12. The van der Waals surface area contributed by atoms with Gasteiger partial charge in [0.05, 0.1) is 0 Å². The molecule has 1 aliphatic rings. The summed E-state index contributed by atoms with van der Waals surface area (Å²) in [6.07, 6.45) is 5.05. The van der Waals surface area contributed by atoms with Gasteiger partial charge in [0.2, 0.25) is 0 Å². The van der Waals surface area contributed by atoms with Crippen LogP contribution in [0.3, 0.4) is 0 Å². The van der Waals surface area contributed by atoms with Crippen LogP contribution >= 0.6 is 0 Å². The number of likely N-dealkylation sites (N-methyl/N-ethyl adjacent to an activating group) is 1. The van der Waals surface area contributed by atoms with E-state index in [1.54, 1.807) is 11.1 Å². The monoisotopic (exact) mass is 203 g/mol. The first kappa shape index (κ1) is 10.7. The Hall–Kier alpha value is -0.820. The van der Waals surface area contributed by atoms with E-state index in [0.29, 0.717) is 5.54 Å². The van der Waals surface area contributed by atoms with Crippen molar-refractivity contribution in [1.82, 2.24) is 4.90 Å². The molecular weight excluding hydrogens is 182 g/mol. The standard InChI is InChI=1S/C14H21N/c1-14(15(2)3)10-6-9-12-7-4-5-8-13(12)11-14/h4-5,7-8H,6,9-11H2,1-3H3. The van der Waals surface area contributed by atoms with E-state index in [1.165, 1.54) is 25.7 Å². The fourth-order valence-electron chi connectivity index (χ4n) is 2.51. The Kier molecular flexibility index (Phi) is 2.83. The molecule has 1 aromatic rings. The Bertz CT molecular complexity index is 343. The third-order valence-corrected chi connectivity index (χ3v) is 3.93. The van der Waals surface area contributed by atoms with Gasteiger partial charge in [-0.05, 0) is 57.8 Å². The lowest BCUT2D eigenvalue weighted by Crippen LogP contribution is -2.42. The molecule has 0 amide bonds. The Balaban J connectivity index is 2.32. The molecule has 1 heteroatoms. The maximum Gasteiger partial charge on any atom is 0.0215 e. The van der Waals surface area contributed by atoms with E-state index in [-0.39, 0.29) is 0 Å². The predicted molar refractivity (Wildman–Crippen MR) is 65.2 cm³/mol. The van der Waals surface area contributed by atoms with E-state index in [0.717, 1.165) is 0 Å². The highest BCUT2D eigenvalue weighted by Crippen LogP contribution is 2.30. The van der Waals surface area contributed by atoms with Crippen molar-refractivity contribution in [2.24, 2.45) is 0 Å². The molecule has 1 atom stereocenters. The van der Waals surface area contributed by atoms with Crippen molar-refractivity contribution in [1.29, 1.82) is 0 Å². The van der Waals surface area contributed by atoms with Gasteiger partial charge in [0.1, 0.15) is 0 Å². The van der Waals surface area contributed by atoms with Gasteiger partial charge in [-0.2, -0.15) is 0 Å². The number of nitrogens with zero attached hydrogens (tertiary/aromatic N) is 1. The van der Waals surface area contributed by atoms with E-state index in [4.69, 9.17) is 0 Å². The number of rotatable bonds is 1. The summed E-state index contributed by atoms with van der Waals surface area (Å²) in [5.41, 5.74) is 3.45. The quantitative estimate of drug-likeness (QED) is 0.634. The third-order valence-electron chi connectivity index (χ3n) is 3.93. The molecule has 0 aromatic heterocycles. The van der Waals surface area contributed by atoms with Crippen LogP contribution in [0.15, 0.2) is 24.3 Å². The number of hydrogen-bond donors (Lipinski definition) is 0. The molecular formula is C14H21N. The Morgan fingerprint density at radius 1 is 1.13 bits per heavy atom. The molecule has 0 saturated heterocycles. The molecule has 0 heterocycles. The molecule has 0 aliphatic heterocycles.